The molecule has 7 nitrogen and oxygen atoms in total. The molecule has 0 aliphatic heterocycles. The van der Waals surface area contributed by atoms with Gasteiger partial charge in [0.05, 0.1) is 39.1 Å². The van der Waals surface area contributed by atoms with Crippen molar-refractivity contribution in [3.05, 3.63) is 53.1 Å². The maximum Gasteiger partial charge on any atom is 0.238 e. The molecule has 0 radical (unpaired) electrons. The third kappa shape index (κ3) is 4.89. The van der Waals surface area contributed by atoms with Crippen molar-refractivity contribution < 1.29 is 23.8 Å². The molecule has 0 fully saturated rings. The number of Topliss-reactive ketones (excluding diaryl/α,β-unsaturated/α-hetero) is 1. The lowest BCUT2D eigenvalue weighted by Crippen LogP contribution is -2.22. The van der Waals surface area contributed by atoms with Gasteiger partial charge in [-0.25, -0.2) is 0 Å². The number of carbonyl (C=O) groups is 2. The molecule has 28 heavy (non-hydrogen) atoms. The first-order valence-electron chi connectivity index (χ1n) is 8.56. The summed E-state index contributed by atoms with van der Waals surface area (Å²) in [6.45, 7) is 1.57. The van der Waals surface area contributed by atoms with E-state index in [-0.39, 0.29) is 18.2 Å². The van der Waals surface area contributed by atoms with Crippen LogP contribution < -0.4 is 25.3 Å². The van der Waals surface area contributed by atoms with Gasteiger partial charge in [0.1, 0.15) is 17.2 Å². The Morgan fingerprint density at radius 1 is 1.00 bits per heavy atom. The molecule has 3 N–H and O–H groups in total. The first-order valence-corrected chi connectivity index (χ1v) is 8.56. The van der Waals surface area contributed by atoms with Crippen molar-refractivity contribution in [3.8, 4) is 17.2 Å². The SMILES string of the molecule is COc1ccc(OC)c(C(=O)C(C)=Cc2ccc(OC)c(NC(=O)CN)c2)c1. The van der Waals surface area contributed by atoms with Gasteiger partial charge < -0.3 is 25.3 Å². The Morgan fingerprint density at radius 3 is 2.29 bits per heavy atom. The van der Waals surface area contributed by atoms with Crippen LogP contribution in [0.25, 0.3) is 6.08 Å². The van der Waals surface area contributed by atoms with Crippen LogP contribution in [0.5, 0.6) is 17.2 Å². The van der Waals surface area contributed by atoms with Crippen molar-refractivity contribution in [1.82, 2.24) is 0 Å². The van der Waals surface area contributed by atoms with Gasteiger partial charge >= 0.3 is 0 Å². The number of anilines is 1. The molecule has 0 aromatic heterocycles. The summed E-state index contributed by atoms with van der Waals surface area (Å²) < 4.78 is 15.7. The second-order valence-electron chi connectivity index (χ2n) is 5.93. The van der Waals surface area contributed by atoms with E-state index in [0.29, 0.717) is 34.1 Å². The molecule has 7 heteroatoms. The van der Waals surface area contributed by atoms with Crippen molar-refractivity contribution in [1.29, 1.82) is 0 Å². The molecule has 148 valence electrons. The summed E-state index contributed by atoms with van der Waals surface area (Å²) in [6.07, 6.45) is 1.72. The number of ether oxygens (including phenoxy) is 3. The minimum absolute atomic E-state index is 0.142. The van der Waals surface area contributed by atoms with Crippen LogP contribution in [0.1, 0.15) is 22.8 Å². The van der Waals surface area contributed by atoms with E-state index < -0.39 is 0 Å². The Balaban J connectivity index is 2.38. The lowest BCUT2D eigenvalue weighted by atomic mass is 10.0. The van der Waals surface area contributed by atoms with Gasteiger partial charge in [-0.2, -0.15) is 0 Å². The number of hydrogen-bond donors (Lipinski definition) is 2. The molecule has 1 amide bonds. The monoisotopic (exact) mass is 384 g/mol. The summed E-state index contributed by atoms with van der Waals surface area (Å²) >= 11 is 0. The predicted molar refractivity (Wildman–Crippen MR) is 108 cm³/mol. The molecule has 0 saturated carbocycles. The van der Waals surface area contributed by atoms with E-state index in [9.17, 15) is 9.59 Å². The molecule has 0 atom stereocenters. The van der Waals surface area contributed by atoms with E-state index in [1.165, 1.54) is 21.3 Å². The molecule has 0 aliphatic rings. The number of amides is 1. The summed E-state index contributed by atoms with van der Waals surface area (Å²) in [4.78, 5) is 24.5. The van der Waals surface area contributed by atoms with E-state index >= 15 is 0 Å². The molecule has 0 spiro atoms. The Morgan fingerprint density at radius 2 is 1.68 bits per heavy atom. The van der Waals surface area contributed by atoms with Crippen molar-refractivity contribution in [2.24, 2.45) is 5.73 Å². The summed E-state index contributed by atoms with van der Waals surface area (Å²) in [6, 6.07) is 10.3. The number of ketones is 1. The van der Waals surface area contributed by atoms with Crippen molar-refractivity contribution in [2.45, 2.75) is 6.92 Å². The first kappa shape index (κ1) is 21.0. The summed E-state index contributed by atoms with van der Waals surface area (Å²) in [5.41, 5.74) is 7.45. The molecule has 2 aromatic rings. The second-order valence-corrected chi connectivity index (χ2v) is 5.93. The zero-order valence-corrected chi connectivity index (χ0v) is 16.4. The van der Waals surface area contributed by atoms with Gasteiger partial charge in [-0.1, -0.05) is 6.07 Å². The summed E-state index contributed by atoms with van der Waals surface area (Å²) in [5.74, 6) is 0.988. The number of nitrogens with two attached hydrogens (primary N) is 1. The Hall–Kier alpha value is -3.32. The quantitative estimate of drug-likeness (QED) is 0.536. The highest BCUT2D eigenvalue weighted by molar-refractivity contribution is 6.12. The molecular formula is C21H24N2O5. The molecule has 0 bridgehead atoms. The Kier molecular flexibility index (Phi) is 7.17. The minimum atomic E-state index is -0.339. The van der Waals surface area contributed by atoms with Gasteiger partial charge in [0.25, 0.3) is 0 Å². The van der Waals surface area contributed by atoms with Crippen molar-refractivity contribution >= 4 is 23.5 Å². The van der Waals surface area contributed by atoms with E-state index in [2.05, 4.69) is 5.32 Å². The van der Waals surface area contributed by atoms with Gasteiger partial charge in [0.2, 0.25) is 5.91 Å². The standard InChI is InChI=1S/C21H24N2O5/c1-13(21(25)16-11-15(26-2)6-8-18(16)27-3)9-14-5-7-19(28-4)17(10-14)23-20(24)12-22/h5-11H,12,22H2,1-4H3,(H,23,24). The lowest BCUT2D eigenvalue weighted by Gasteiger charge is -2.12. The number of rotatable bonds is 8. The molecule has 2 rings (SSSR count). The fraction of sp³-hybridized carbons (Fsp3) is 0.238. The molecule has 0 heterocycles. The maximum absolute atomic E-state index is 12.9. The highest BCUT2D eigenvalue weighted by Gasteiger charge is 2.16. The molecule has 0 saturated heterocycles. The smallest absolute Gasteiger partial charge is 0.238 e. The average molecular weight is 384 g/mol. The van der Waals surface area contributed by atoms with Gasteiger partial charge in [-0.05, 0) is 54.5 Å². The maximum atomic E-state index is 12.9. The Bertz CT molecular complexity index is 906. The molecular weight excluding hydrogens is 360 g/mol. The van der Waals surface area contributed by atoms with Crippen molar-refractivity contribution in [3.63, 3.8) is 0 Å². The van der Waals surface area contributed by atoms with Crippen molar-refractivity contribution in [2.75, 3.05) is 33.2 Å². The topological polar surface area (TPSA) is 99.9 Å². The van der Waals surface area contributed by atoms with Crippen LogP contribution in [0.15, 0.2) is 42.0 Å². The van der Waals surface area contributed by atoms with E-state index in [4.69, 9.17) is 19.9 Å². The minimum Gasteiger partial charge on any atom is -0.497 e. The van der Waals surface area contributed by atoms with Gasteiger partial charge in [0.15, 0.2) is 5.78 Å². The molecule has 2 aromatic carbocycles. The van der Waals surface area contributed by atoms with E-state index in [1.54, 1.807) is 49.4 Å². The fourth-order valence-corrected chi connectivity index (χ4v) is 2.63. The van der Waals surface area contributed by atoms with Crippen LogP contribution in [-0.4, -0.2) is 39.6 Å². The van der Waals surface area contributed by atoms with Crippen LogP contribution in [0.4, 0.5) is 5.69 Å². The van der Waals surface area contributed by atoms with Crippen LogP contribution in [-0.2, 0) is 4.79 Å². The van der Waals surface area contributed by atoms with Crippen LogP contribution >= 0.6 is 0 Å². The predicted octanol–water partition coefficient (Wildman–Crippen LogP) is 2.90. The second kappa shape index (κ2) is 9.57. The van der Waals surface area contributed by atoms with Gasteiger partial charge in [0, 0.05) is 0 Å². The summed E-state index contributed by atoms with van der Waals surface area (Å²) in [5, 5.41) is 2.68. The number of methoxy groups -OCH3 is 3. The largest absolute Gasteiger partial charge is 0.497 e. The number of benzene rings is 2. The zero-order chi connectivity index (χ0) is 20.7. The fourth-order valence-electron chi connectivity index (χ4n) is 2.63. The third-order valence-corrected chi connectivity index (χ3v) is 4.08. The zero-order valence-electron chi connectivity index (χ0n) is 16.4. The van der Waals surface area contributed by atoms with Crippen LogP contribution in [0.3, 0.4) is 0 Å². The number of allylic oxidation sites excluding steroid dienone is 1. The molecule has 0 aliphatic carbocycles. The Labute approximate surface area is 164 Å². The van der Waals surface area contributed by atoms with Gasteiger partial charge in [-0.3, -0.25) is 9.59 Å². The summed E-state index contributed by atoms with van der Waals surface area (Å²) in [7, 11) is 4.55. The average Bonchev–Trinajstić information content (AvgIpc) is 2.72. The molecule has 0 unspecified atom stereocenters. The highest BCUT2D eigenvalue weighted by atomic mass is 16.5. The first-order chi connectivity index (χ1) is 13.4. The normalized spacial score (nSPS) is 11.0. The van der Waals surface area contributed by atoms with Crippen LogP contribution in [0, 0.1) is 0 Å². The van der Waals surface area contributed by atoms with E-state index in [1.807, 2.05) is 0 Å². The highest BCUT2D eigenvalue weighted by Crippen LogP contribution is 2.29. The number of carbonyl (C=O) groups excluding carboxylic acids is 2. The lowest BCUT2D eigenvalue weighted by molar-refractivity contribution is -0.114. The van der Waals surface area contributed by atoms with Gasteiger partial charge in [-0.15, -0.1) is 0 Å². The number of hydrogen-bond acceptors (Lipinski definition) is 6. The van der Waals surface area contributed by atoms with Crippen LogP contribution in [0.2, 0.25) is 0 Å². The number of nitrogens with one attached hydrogen (secondary N) is 1. The third-order valence-electron chi connectivity index (χ3n) is 4.08. The van der Waals surface area contributed by atoms with E-state index in [0.717, 1.165) is 5.56 Å².